The maximum Gasteiger partial charge on any atom is 0.0888 e. The van der Waals surface area contributed by atoms with E-state index in [0.717, 1.165) is 10.9 Å². The molecule has 2 aliphatic rings. The van der Waals surface area contributed by atoms with Crippen LogP contribution in [-0.2, 0) is 0 Å². The molecule has 0 amide bonds. The number of alkyl halides is 1. The van der Waals surface area contributed by atoms with Gasteiger partial charge in [-0.3, -0.25) is 0 Å². The van der Waals surface area contributed by atoms with E-state index in [0.29, 0.717) is 16.7 Å². The molecule has 3 heteroatoms. The topological polar surface area (TPSA) is 20.2 Å². The summed E-state index contributed by atoms with van der Waals surface area (Å²) in [6.45, 7) is 0. The van der Waals surface area contributed by atoms with Gasteiger partial charge in [0.2, 0.25) is 0 Å². The summed E-state index contributed by atoms with van der Waals surface area (Å²) in [6.07, 6.45) is 2.72. The predicted molar refractivity (Wildman–Crippen MR) is 72.0 cm³/mol. The minimum absolute atomic E-state index is 0.314. The lowest BCUT2D eigenvalue weighted by molar-refractivity contribution is 0.138. The molecule has 0 bridgehead atoms. The molecule has 0 saturated carbocycles. The number of fused-ring (bicyclic) bond motifs is 1. The Kier molecular flexibility index (Phi) is 2.73. The number of allylic oxidation sites excluding steroid dienone is 1. The Morgan fingerprint density at radius 3 is 2.50 bits per heavy atom. The van der Waals surface area contributed by atoms with Crippen LogP contribution < -0.4 is 0 Å². The van der Waals surface area contributed by atoms with Crippen LogP contribution >= 0.6 is 31.9 Å². The molecule has 1 N–H and O–H groups in total. The average molecular weight is 344 g/mol. The van der Waals surface area contributed by atoms with Crippen LogP contribution in [0.1, 0.15) is 28.3 Å². The second-order valence-corrected chi connectivity index (χ2v) is 6.39. The first kappa shape index (κ1) is 11.0. The first-order chi connectivity index (χ1) is 7.70. The van der Waals surface area contributed by atoms with Crippen molar-refractivity contribution in [3.63, 3.8) is 0 Å². The molecule has 0 saturated heterocycles. The van der Waals surface area contributed by atoms with Gasteiger partial charge in [-0.2, -0.15) is 0 Å². The third kappa shape index (κ3) is 1.45. The number of halogens is 2. The Bertz CT molecular complexity index is 455. The van der Waals surface area contributed by atoms with Gasteiger partial charge in [0.15, 0.2) is 0 Å². The van der Waals surface area contributed by atoms with Crippen LogP contribution in [0, 0.1) is 5.92 Å². The van der Waals surface area contributed by atoms with Crippen molar-refractivity contribution < 1.29 is 5.11 Å². The third-order valence-electron chi connectivity index (χ3n) is 3.70. The summed E-state index contributed by atoms with van der Waals surface area (Å²) in [5, 5.41) is 10.1. The molecule has 0 fully saturated rings. The fraction of sp³-hybridized carbons (Fsp3) is 0.385. The van der Waals surface area contributed by atoms with Crippen molar-refractivity contribution in [2.75, 3.05) is 0 Å². The molecule has 0 heterocycles. The molecule has 3 rings (SSSR count). The number of aliphatic hydroxyl groups is 1. The minimum atomic E-state index is -0.335. The highest BCUT2D eigenvalue weighted by atomic mass is 79.9. The molecule has 2 aliphatic carbocycles. The molecule has 0 spiro atoms. The van der Waals surface area contributed by atoms with Crippen LogP contribution in [0.4, 0.5) is 0 Å². The molecule has 1 aromatic carbocycles. The summed E-state index contributed by atoms with van der Waals surface area (Å²) in [6, 6.07) is 8.49. The lowest BCUT2D eigenvalue weighted by Gasteiger charge is -2.41. The molecule has 1 nitrogen and oxygen atoms in total. The molecule has 16 heavy (non-hydrogen) atoms. The summed E-state index contributed by atoms with van der Waals surface area (Å²) in [7, 11) is 0. The maximum absolute atomic E-state index is 10.1. The number of benzene rings is 1. The number of hydrogen-bond donors (Lipinski definition) is 1. The van der Waals surface area contributed by atoms with Gasteiger partial charge >= 0.3 is 0 Å². The monoisotopic (exact) mass is 342 g/mol. The van der Waals surface area contributed by atoms with E-state index in [2.05, 4.69) is 62.2 Å². The minimum Gasteiger partial charge on any atom is -0.388 e. The van der Waals surface area contributed by atoms with Gasteiger partial charge in [-0.1, -0.05) is 62.2 Å². The van der Waals surface area contributed by atoms with Crippen molar-refractivity contribution in [2.24, 2.45) is 5.92 Å². The Morgan fingerprint density at radius 2 is 1.88 bits per heavy atom. The second-order valence-electron chi connectivity index (χ2n) is 4.49. The summed E-state index contributed by atoms with van der Waals surface area (Å²) in [5.74, 6) is 0.756. The molecule has 84 valence electrons. The summed E-state index contributed by atoms with van der Waals surface area (Å²) in [4.78, 5) is 0.398. The number of hydrogen-bond acceptors (Lipinski definition) is 1. The van der Waals surface area contributed by atoms with Crippen LogP contribution in [0.15, 0.2) is 34.8 Å². The second kappa shape index (κ2) is 3.97. The summed E-state index contributed by atoms with van der Waals surface area (Å²) in [5.41, 5.74) is 2.77. The molecule has 1 aromatic rings. The van der Waals surface area contributed by atoms with E-state index in [1.807, 2.05) is 0 Å². The molecule has 0 aromatic heterocycles. The zero-order chi connectivity index (χ0) is 11.3. The van der Waals surface area contributed by atoms with Crippen LogP contribution in [0.2, 0.25) is 0 Å². The first-order valence-corrected chi connectivity index (χ1v) is 7.17. The van der Waals surface area contributed by atoms with Crippen LogP contribution in [0.25, 0.3) is 0 Å². The Morgan fingerprint density at radius 1 is 1.19 bits per heavy atom. The smallest absolute Gasteiger partial charge is 0.0888 e. The zero-order valence-electron chi connectivity index (χ0n) is 8.61. The van der Waals surface area contributed by atoms with Gasteiger partial charge < -0.3 is 5.11 Å². The van der Waals surface area contributed by atoms with E-state index in [4.69, 9.17) is 0 Å². The van der Waals surface area contributed by atoms with Gasteiger partial charge in [-0.25, -0.2) is 0 Å². The van der Waals surface area contributed by atoms with E-state index in [1.165, 1.54) is 11.1 Å². The van der Waals surface area contributed by atoms with Gasteiger partial charge in [0.05, 0.1) is 6.10 Å². The van der Waals surface area contributed by atoms with Crippen molar-refractivity contribution >= 4 is 31.9 Å². The lowest BCUT2D eigenvalue weighted by Crippen LogP contribution is -2.32. The normalized spacial score (nSPS) is 36.6. The van der Waals surface area contributed by atoms with Crippen molar-refractivity contribution in [1.29, 1.82) is 0 Å². The highest BCUT2D eigenvalue weighted by Gasteiger charge is 2.44. The Labute approximate surface area is 112 Å². The SMILES string of the molecule is O[C@H]1C(Br)=CC[C@@H]1[C@H]1c2ccccc2[C@@H]1Br. The van der Waals surface area contributed by atoms with E-state index >= 15 is 0 Å². The van der Waals surface area contributed by atoms with E-state index in [1.54, 1.807) is 0 Å². The molecule has 0 unspecified atom stereocenters. The van der Waals surface area contributed by atoms with Gasteiger partial charge in [-0.15, -0.1) is 0 Å². The molecular formula is C13H12Br2O. The van der Waals surface area contributed by atoms with Gasteiger partial charge in [-0.05, 0) is 17.5 Å². The standard InChI is InChI=1S/C13H12Br2O/c14-10-6-5-9(13(10)16)11-7-3-1-2-4-8(7)12(11)15/h1-4,6,9,11-13,16H,5H2/t9-,11-,12+,13-/m1/s1. The Hall–Kier alpha value is -0.120. The fourth-order valence-electron chi connectivity index (χ4n) is 2.81. The highest BCUT2D eigenvalue weighted by molar-refractivity contribution is 9.11. The van der Waals surface area contributed by atoms with Gasteiger partial charge in [0.25, 0.3) is 0 Å². The van der Waals surface area contributed by atoms with Crippen LogP contribution in [0.3, 0.4) is 0 Å². The number of rotatable bonds is 1. The van der Waals surface area contributed by atoms with Crippen LogP contribution in [0.5, 0.6) is 0 Å². The molecule has 0 radical (unpaired) electrons. The maximum atomic E-state index is 10.1. The average Bonchev–Trinajstić information content (AvgIpc) is 2.61. The molecule has 0 aliphatic heterocycles. The lowest BCUT2D eigenvalue weighted by atomic mass is 9.69. The van der Waals surface area contributed by atoms with E-state index < -0.39 is 0 Å². The zero-order valence-corrected chi connectivity index (χ0v) is 11.8. The molecular weight excluding hydrogens is 332 g/mol. The van der Waals surface area contributed by atoms with Crippen molar-refractivity contribution in [2.45, 2.75) is 23.3 Å². The van der Waals surface area contributed by atoms with E-state index in [9.17, 15) is 5.11 Å². The van der Waals surface area contributed by atoms with Crippen molar-refractivity contribution in [3.8, 4) is 0 Å². The molecule has 4 atom stereocenters. The first-order valence-electron chi connectivity index (χ1n) is 5.46. The summed E-state index contributed by atoms with van der Waals surface area (Å²) >= 11 is 7.15. The van der Waals surface area contributed by atoms with Crippen molar-refractivity contribution in [1.82, 2.24) is 0 Å². The van der Waals surface area contributed by atoms with Gasteiger partial charge in [0.1, 0.15) is 0 Å². The quantitative estimate of drug-likeness (QED) is 0.767. The van der Waals surface area contributed by atoms with Crippen molar-refractivity contribution in [3.05, 3.63) is 46.0 Å². The summed E-state index contributed by atoms with van der Waals surface area (Å²) < 4.78 is 0.946. The van der Waals surface area contributed by atoms with E-state index in [-0.39, 0.29) is 6.10 Å². The predicted octanol–water partition coefficient (Wildman–Crippen LogP) is 3.88. The number of aliphatic hydroxyl groups excluding tert-OH is 1. The highest BCUT2D eigenvalue weighted by Crippen LogP contribution is 2.57. The fourth-order valence-corrected chi connectivity index (χ4v) is 4.43. The largest absolute Gasteiger partial charge is 0.388 e. The van der Waals surface area contributed by atoms with Crippen LogP contribution in [-0.4, -0.2) is 11.2 Å². The van der Waals surface area contributed by atoms with Gasteiger partial charge in [0, 0.05) is 21.1 Å². The third-order valence-corrected chi connectivity index (χ3v) is 5.56. The Balaban J connectivity index is 1.90.